The fraction of sp³-hybridized carbons (Fsp3) is 0.333. The number of thioether (sulfide) groups is 1. The Labute approximate surface area is 191 Å². The fourth-order valence-electron chi connectivity index (χ4n) is 2.26. The lowest BCUT2D eigenvalue weighted by Crippen LogP contribution is -2.31. The summed E-state index contributed by atoms with van der Waals surface area (Å²) in [6, 6.07) is 6.97. The zero-order chi connectivity index (χ0) is 21.8. The number of nitrogens with zero attached hydrogens (tertiary/aromatic N) is 3. The van der Waals surface area contributed by atoms with Crippen LogP contribution in [0.1, 0.15) is 11.4 Å². The number of hydrogen-bond acceptors (Lipinski definition) is 8. The van der Waals surface area contributed by atoms with Crippen molar-refractivity contribution in [3.05, 3.63) is 80.2 Å². The minimum absolute atomic E-state index is 0.232. The molecule has 0 radical (unpaired) electrons. The highest BCUT2D eigenvalue weighted by Crippen LogP contribution is 2.18. The summed E-state index contributed by atoms with van der Waals surface area (Å²) in [6.45, 7) is 0.814. The molecule has 2 heterocycles. The third kappa shape index (κ3) is 9.29. The van der Waals surface area contributed by atoms with Crippen molar-refractivity contribution < 1.29 is 9.13 Å². The molecule has 0 amide bonds. The number of aromatic nitrogens is 2. The van der Waals surface area contributed by atoms with Gasteiger partial charge in [-0.1, -0.05) is 23.2 Å². The van der Waals surface area contributed by atoms with E-state index >= 15 is 0 Å². The van der Waals surface area contributed by atoms with Gasteiger partial charge in [0, 0.05) is 53.5 Å². The smallest absolute Gasteiger partial charge is 0.274 e. The zero-order valence-corrected chi connectivity index (χ0v) is 19.1. The molecule has 12 heteroatoms. The molecule has 8 nitrogen and oxygen atoms in total. The zero-order valence-electron chi connectivity index (χ0n) is 15.9. The number of rotatable bonds is 13. The highest BCUT2D eigenvalue weighted by Gasteiger charge is 2.08. The normalized spacial score (nSPS) is 12.4. The third-order valence-corrected chi connectivity index (χ3v) is 6.56. The second kappa shape index (κ2) is 13.4. The second-order valence-electron chi connectivity index (χ2n) is 5.89. The van der Waals surface area contributed by atoms with Crippen molar-refractivity contribution in [1.29, 1.82) is 0 Å². The maximum atomic E-state index is 12.2. The number of hydrogen-bond donors (Lipinski definition) is 2. The van der Waals surface area contributed by atoms with Crippen LogP contribution in [-0.2, 0) is 22.3 Å². The van der Waals surface area contributed by atoms with Gasteiger partial charge in [0.1, 0.15) is 0 Å². The average Bonchev–Trinajstić information content (AvgIpc) is 2.70. The molecule has 2 rings (SSSR count). The van der Waals surface area contributed by atoms with E-state index in [9.17, 15) is 14.3 Å². The van der Waals surface area contributed by atoms with Crippen LogP contribution < -0.4 is 10.6 Å². The van der Waals surface area contributed by atoms with Crippen molar-refractivity contribution in [2.45, 2.75) is 11.5 Å². The first kappa shape index (κ1) is 24.4. The maximum absolute atomic E-state index is 12.2. The van der Waals surface area contributed by atoms with Crippen LogP contribution >= 0.6 is 35.0 Å². The molecule has 2 aromatic heterocycles. The molecule has 2 N–H and O–H groups in total. The van der Waals surface area contributed by atoms with Crippen LogP contribution in [0.3, 0.4) is 0 Å². The lowest BCUT2D eigenvalue weighted by molar-refractivity contribution is -0.404. The second-order valence-corrected chi connectivity index (χ2v) is 9.38. The summed E-state index contributed by atoms with van der Waals surface area (Å²) in [7, 11) is -1.20. The number of pyridine rings is 2. The molecule has 0 fully saturated rings. The van der Waals surface area contributed by atoms with Crippen molar-refractivity contribution in [1.82, 2.24) is 20.6 Å². The SMILES string of the molecule is O=[N+]([O-])C=C(NCCSCc1ncccc1Cl)NCCS(=O)Cc1ncccc1Cl. The first-order valence-electron chi connectivity index (χ1n) is 8.90. The van der Waals surface area contributed by atoms with Crippen LogP contribution in [-0.4, -0.2) is 43.7 Å². The van der Waals surface area contributed by atoms with Gasteiger partial charge in [-0.05, 0) is 24.3 Å². The first-order chi connectivity index (χ1) is 14.5. The molecule has 0 aliphatic heterocycles. The van der Waals surface area contributed by atoms with Crippen LogP contribution in [0.4, 0.5) is 0 Å². The van der Waals surface area contributed by atoms with Crippen LogP contribution in [0.2, 0.25) is 10.0 Å². The Morgan fingerprint density at radius 1 is 1.13 bits per heavy atom. The number of nitro groups is 1. The van der Waals surface area contributed by atoms with Gasteiger partial charge in [0.15, 0.2) is 5.82 Å². The standard InChI is InChI=1S/C18H21Cl2N5O3S2/c19-14-3-1-5-21-16(14)12-29-9-7-23-18(11-25(26)27)24-8-10-30(28)13-17-15(20)4-2-6-22-17/h1-6,11,23-24H,7-10,12-13H2. The van der Waals surface area contributed by atoms with Gasteiger partial charge in [0.2, 0.25) is 0 Å². The van der Waals surface area contributed by atoms with E-state index in [0.29, 0.717) is 46.1 Å². The van der Waals surface area contributed by atoms with E-state index in [1.165, 1.54) is 0 Å². The molecule has 1 unspecified atom stereocenters. The quantitative estimate of drug-likeness (QED) is 0.250. The summed E-state index contributed by atoms with van der Waals surface area (Å²) < 4.78 is 12.2. The summed E-state index contributed by atoms with van der Waals surface area (Å²) in [5.41, 5.74) is 1.38. The Morgan fingerprint density at radius 2 is 1.77 bits per heavy atom. The van der Waals surface area contributed by atoms with Gasteiger partial charge in [0.05, 0.1) is 32.1 Å². The Bertz CT molecular complexity index is 902. The van der Waals surface area contributed by atoms with Gasteiger partial charge in [0.25, 0.3) is 6.20 Å². The van der Waals surface area contributed by atoms with E-state index < -0.39 is 15.7 Å². The van der Waals surface area contributed by atoms with Crippen molar-refractivity contribution in [2.75, 3.05) is 24.6 Å². The van der Waals surface area contributed by atoms with Crippen LogP contribution in [0.5, 0.6) is 0 Å². The minimum atomic E-state index is -1.20. The molecule has 0 spiro atoms. The summed E-state index contributed by atoms with van der Waals surface area (Å²) >= 11 is 13.7. The molecular formula is C18H21Cl2N5O3S2. The van der Waals surface area contributed by atoms with Crippen molar-refractivity contribution in [3.63, 3.8) is 0 Å². The van der Waals surface area contributed by atoms with Crippen LogP contribution in [0, 0.1) is 10.1 Å². The lowest BCUT2D eigenvalue weighted by atomic mass is 10.4. The van der Waals surface area contributed by atoms with Gasteiger partial charge in [-0.2, -0.15) is 11.8 Å². The summed E-state index contributed by atoms with van der Waals surface area (Å²) in [4.78, 5) is 18.6. The van der Waals surface area contributed by atoms with Crippen molar-refractivity contribution in [2.24, 2.45) is 0 Å². The Balaban J connectivity index is 1.71. The molecular weight excluding hydrogens is 469 g/mol. The third-order valence-electron chi connectivity index (χ3n) is 3.65. The fourth-order valence-corrected chi connectivity index (χ4v) is 4.62. The lowest BCUT2D eigenvalue weighted by Gasteiger charge is -2.11. The topological polar surface area (TPSA) is 110 Å². The van der Waals surface area contributed by atoms with Gasteiger partial charge < -0.3 is 10.6 Å². The van der Waals surface area contributed by atoms with E-state index in [2.05, 4.69) is 20.6 Å². The molecule has 1 atom stereocenters. The van der Waals surface area contributed by atoms with Gasteiger partial charge in [-0.15, -0.1) is 0 Å². The predicted molar refractivity (Wildman–Crippen MR) is 122 cm³/mol. The highest BCUT2D eigenvalue weighted by molar-refractivity contribution is 7.98. The van der Waals surface area contributed by atoms with Crippen LogP contribution in [0.25, 0.3) is 0 Å². The van der Waals surface area contributed by atoms with Gasteiger partial charge in [-0.25, -0.2) is 0 Å². The monoisotopic (exact) mass is 489 g/mol. The van der Waals surface area contributed by atoms with E-state index in [1.54, 1.807) is 48.4 Å². The molecule has 0 aromatic carbocycles. The van der Waals surface area contributed by atoms with E-state index in [0.717, 1.165) is 11.9 Å². The molecule has 0 saturated carbocycles. The van der Waals surface area contributed by atoms with Crippen LogP contribution in [0.15, 0.2) is 48.7 Å². The van der Waals surface area contributed by atoms with Gasteiger partial charge >= 0.3 is 0 Å². The highest BCUT2D eigenvalue weighted by atomic mass is 35.5. The molecule has 0 aliphatic rings. The predicted octanol–water partition coefficient (Wildman–Crippen LogP) is 3.22. The maximum Gasteiger partial charge on any atom is 0.274 e. The first-order valence-corrected chi connectivity index (χ1v) is 12.3. The Morgan fingerprint density at radius 3 is 2.40 bits per heavy atom. The summed E-state index contributed by atoms with van der Waals surface area (Å²) in [5.74, 6) is 2.16. The van der Waals surface area contributed by atoms with Crippen molar-refractivity contribution in [3.8, 4) is 0 Å². The Hall–Kier alpha value is -1.88. The van der Waals surface area contributed by atoms with E-state index in [4.69, 9.17) is 23.2 Å². The largest absolute Gasteiger partial charge is 0.366 e. The molecule has 0 saturated heterocycles. The summed E-state index contributed by atoms with van der Waals surface area (Å²) in [6.07, 6.45) is 4.14. The molecule has 30 heavy (non-hydrogen) atoms. The number of halogens is 2. The number of nitrogens with one attached hydrogen (secondary N) is 2. The molecule has 162 valence electrons. The summed E-state index contributed by atoms with van der Waals surface area (Å²) in [5, 5.41) is 17.8. The Kier molecular flexibility index (Phi) is 10.9. The van der Waals surface area contributed by atoms with E-state index in [-0.39, 0.29) is 11.6 Å². The van der Waals surface area contributed by atoms with Gasteiger partial charge in [-0.3, -0.25) is 24.3 Å². The minimum Gasteiger partial charge on any atom is -0.366 e. The molecule has 0 aliphatic carbocycles. The van der Waals surface area contributed by atoms with E-state index in [1.807, 2.05) is 0 Å². The average molecular weight is 490 g/mol. The van der Waals surface area contributed by atoms with Crippen molar-refractivity contribution >= 4 is 45.8 Å². The molecule has 0 bridgehead atoms. The molecule has 2 aromatic rings.